The molecule has 0 aromatic carbocycles. The molecule has 0 unspecified atom stereocenters. The smallest absolute Gasteiger partial charge is 0.294 e. The van der Waals surface area contributed by atoms with E-state index in [9.17, 15) is 18.0 Å². The third kappa shape index (κ3) is 5.32. The van der Waals surface area contributed by atoms with Gasteiger partial charge in [0.15, 0.2) is 0 Å². The Kier molecular flexibility index (Phi) is 4.55. The van der Waals surface area contributed by atoms with Crippen LogP contribution in [-0.2, 0) is 4.79 Å². The van der Waals surface area contributed by atoms with E-state index in [-0.39, 0.29) is 24.9 Å². The number of rotatable bonds is 6. The van der Waals surface area contributed by atoms with E-state index in [1.54, 1.807) is 0 Å². The second-order valence-corrected chi connectivity index (χ2v) is 3.99. The Hall–Kier alpha value is -0.820. The predicted molar refractivity (Wildman–Crippen MR) is 52.2 cm³/mol. The third-order valence-electron chi connectivity index (χ3n) is 2.46. The summed E-state index contributed by atoms with van der Waals surface area (Å²) in [7, 11) is 0. The van der Waals surface area contributed by atoms with Crippen molar-refractivity contribution in [2.24, 2.45) is 5.84 Å². The van der Waals surface area contributed by atoms with Crippen LogP contribution < -0.4 is 11.3 Å². The average molecular weight is 239 g/mol. The zero-order valence-electron chi connectivity index (χ0n) is 8.89. The number of nitrogens with two attached hydrogens (primary N) is 1. The molecule has 0 bridgehead atoms. The first-order valence-electron chi connectivity index (χ1n) is 5.22. The Morgan fingerprint density at radius 3 is 2.50 bits per heavy atom. The SMILES string of the molecule is NNC(=O)CCCN(CC(F)(F)F)C1CC1. The molecule has 1 aliphatic carbocycles. The second kappa shape index (κ2) is 5.49. The van der Waals surface area contributed by atoms with Gasteiger partial charge >= 0.3 is 6.18 Å². The van der Waals surface area contributed by atoms with Gasteiger partial charge in [-0.1, -0.05) is 0 Å². The lowest BCUT2D eigenvalue weighted by atomic mass is 10.2. The van der Waals surface area contributed by atoms with Crippen LogP contribution in [0.5, 0.6) is 0 Å². The Morgan fingerprint density at radius 2 is 2.06 bits per heavy atom. The van der Waals surface area contributed by atoms with E-state index in [0.717, 1.165) is 12.8 Å². The summed E-state index contributed by atoms with van der Waals surface area (Å²) in [4.78, 5) is 12.2. The number of halogens is 3. The van der Waals surface area contributed by atoms with Gasteiger partial charge in [0.2, 0.25) is 5.91 Å². The lowest BCUT2D eigenvalue weighted by Gasteiger charge is -2.22. The van der Waals surface area contributed by atoms with E-state index >= 15 is 0 Å². The molecule has 0 aromatic rings. The molecule has 4 nitrogen and oxygen atoms in total. The molecule has 0 radical (unpaired) electrons. The van der Waals surface area contributed by atoms with E-state index < -0.39 is 12.7 Å². The molecular weight excluding hydrogens is 223 g/mol. The highest BCUT2D eigenvalue weighted by molar-refractivity contribution is 5.75. The highest BCUT2D eigenvalue weighted by atomic mass is 19.4. The molecule has 1 saturated carbocycles. The second-order valence-electron chi connectivity index (χ2n) is 3.99. The maximum Gasteiger partial charge on any atom is 0.401 e. The van der Waals surface area contributed by atoms with Gasteiger partial charge in [0.1, 0.15) is 0 Å². The van der Waals surface area contributed by atoms with E-state index in [0.29, 0.717) is 6.42 Å². The number of hydrazine groups is 1. The van der Waals surface area contributed by atoms with Crippen molar-refractivity contribution in [2.45, 2.75) is 37.9 Å². The average Bonchev–Trinajstić information content (AvgIpc) is 2.97. The summed E-state index contributed by atoms with van der Waals surface area (Å²) in [6.45, 7) is -0.598. The van der Waals surface area contributed by atoms with Crippen LogP contribution in [-0.4, -0.2) is 36.1 Å². The number of amides is 1. The summed E-state index contributed by atoms with van der Waals surface area (Å²) in [5, 5.41) is 0. The van der Waals surface area contributed by atoms with Crippen molar-refractivity contribution in [3.05, 3.63) is 0 Å². The molecule has 94 valence electrons. The van der Waals surface area contributed by atoms with Crippen LogP contribution >= 0.6 is 0 Å². The minimum Gasteiger partial charge on any atom is -0.294 e. The van der Waals surface area contributed by atoms with Gasteiger partial charge in [0.05, 0.1) is 6.54 Å². The summed E-state index contributed by atoms with van der Waals surface area (Å²) >= 11 is 0. The number of carbonyl (C=O) groups is 1. The summed E-state index contributed by atoms with van der Waals surface area (Å²) in [6, 6.07) is 0.0440. The van der Waals surface area contributed by atoms with E-state index in [4.69, 9.17) is 5.84 Å². The fourth-order valence-corrected chi connectivity index (χ4v) is 1.58. The molecule has 3 N–H and O–H groups in total. The summed E-state index contributed by atoms with van der Waals surface area (Å²) < 4.78 is 36.6. The molecule has 1 rings (SSSR count). The van der Waals surface area contributed by atoms with Crippen LogP contribution in [0, 0.1) is 0 Å². The van der Waals surface area contributed by atoms with Crippen LogP contribution in [0.2, 0.25) is 0 Å². The Labute approximate surface area is 91.9 Å². The Bertz CT molecular complexity index is 241. The number of alkyl halides is 3. The highest BCUT2D eigenvalue weighted by Crippen LogP contribution is 2.30. The largest absolute Gasteiger partial charge is 0.401 e. The number of hydrogen-bond acceptors (Lipinski definition) is 3. The Balaban J connectivity index is 2.26. The van der Waals surface area contributed by atoms with Gasteiger partial charge < -0.3 is 0 Å². The van der Waals surface area contributed by atoms with Gasteiger partial charge in [-0.15, -0.1) is 0 Å². The van der Waals surface area contributed by atoms with Gasteiger partial charge in [0, 0.05) is 12.5 Å². The van der Waals surface area contributed by atoms with Crippen molar-refractivity contribution in [2.75, 3.05) is 13.1 Å². The molecule has 0 heterocycles. The Morgan fingerprint density at radius 1 is 1.44 bits per heavy atom. The molecule has 1 amide bonds. The minimum atomic E-state index is -4.17. The van der Waals surface area contributed by atoms with Crippen LogP contribution in [0.3, 0.4) is 0 Å². The monoisotopic (exact) mass is 239 g/mol. The first-order chi connectivity index (χ1) is 7.42. The highest BCUT2D eigenvalue weighted by Gasteiger charge is 2.37. The fraction of sp³-hybridized carbons (Fsp3) is 0.889. The minimum absolute atomic E-state index is 0.0440. The number of carbonyl (C=O) groups excluding carboxylic acids is 1. The first kappa shape index (κ1) is 13.2. The molecule has 1 fully saturated rings. The maximum absolute atomic E-state index is 12.2. The van der Waals surface area contributed by atoms with Gasteiger partial charge in [0.25, 0.3) is 0 Å². The molecule has 0 spiro atoms. The molecule has 0 atom stereocenters. The standard InChI is InChI=1S/C9H16F3N3O/c10-9(11,12)6-15(7-3-4-7)5-1-2-8(16)14-13/h7H,1-6,13H2,(H,14,16). The molecule has 7 heteroatoms. The molecule has 16 heavy (non-hydrogen) atoms. The molecule has 0 saturated heterocycles. The van der Waals surface area contributed by atoms with Crippen molar-refractivity contribution in [1.29, 1.82) is 0 Å². The van der Waals surface area contributed by atoms with Crippen LogP contribution in [0.15, 0.2) is 0 Å². The topological polar surface area (TPSA) is 58.4 Å². The van der Waals surface area contributed by atoms with Gasteiger partial charge in [-0.2, -0.15) is 13.2 Å². The quantitative estimate of drug-likeness (QED) is 0.409. The van der Waals surface area contributed by atoms with Crippen molar-refractivity contribution in [3.63, 3.8) is 0 Å². The third-order valence-corrected chi connectivity index (χ3v) is 2.46. The number of nitrogens with one attached hydrogen (secondary N) is 1. The fourth-order valence-electron chi connectivity index (χ4n) is 1.58. The number of hydrogen-bond donors (Lipinski definition) is 2. The van der Waals surface area contributed by atoms with Crippen LogP contribution in [0.25, 0.3) is 0 Å². The summed E-state index contributed by atoms with van der Waals surface area (Å²) in [5.74, 6) is 4.53. The van der Waals surface area contributed by atoms with E-state index in [2.05, 4.69) is 0 Å². The lowest BCUT2D eigenvalue weighted by Crippen LogP contribution is -2.37. The first-order valence-corrected chi connectivity index (χ1v) is 5.22. The van der Waals surface area contributed by atoms with Crippen molar-refractivity contribution in [3.8, 4) is 0 Å². The van der Waals surface area contributed by atoms with Crippen LogP contribution in [0.4, 0.5) is 13.2 Å². The zero-order chi connectivity index (χ0) is 12.2. The molecular formula is C9H16F3N3O. The van der Waals surface area contributed by atoms with Crippen molar-refractivity contribution >= 4 is 5.91 Å². The molecule has 1 aliphatic rings. The van der Waals surface area contributed by atoms with Gasteiger partial charge in [-0.05, 0) is 25.8 Å². The lowest BCUT2D eigenvalue weighted by molar-refractivity contribution is -0.147. The summed E-state index contributed by atoms with van der Waals surface area (Å²) in [5.41, 5.74) is 1.95. The van der Waals surface area contributed by atoms with E-state index in [1.807, 2.05) is 5.43 Å². The zero-order valence-corrected chi connectivity index (χ0v) is 8.89. The van der Waals surface area contributed by atoms with Gasteiger partial charge in [-0.25, -0.2) is 5.84 Å². The molecule has 0 aliphatic heterocycles. The predicted octanol–water partition coefficient (Wildman–Crippen LogP) is 0.783. The summed E-state index contributed by atoms with van der Waals surface area (Å²) in [6.07, 6.45) is -1.97. The van der Waals surface area contributed by atoms with E-state index in [1.165, 1.54) is 4.90 Å². The van der Waals surface area contributed by atoms with Crippen molar-refractivity contribution < 1.29 is 18.0 Å². The van der Waals surface area contributed by atoms with Crippen LogP contribution in [0.1, 0.15) is 25.7 Å². The molecule has 0 aromatic heterocycles. The number of nitrogens with zero attached hydrogens (tertiary/aromatic N) is 1. The normalized spacial score (nSPS) is 16.6. The van der Waals surface area contributed by atoms with Crippen molar-refractivity contribution in [1.82, 2.24) is 10.3 Å². The van der Waals surface area contributed by atoms with Gasteiger partial charge in [-0.3, -0.25) is 15.1 Å². The maximum atomic E-state index is 12.2.